The number of hydrogen-bond acceptors (Lipinski definition) is 3. The number of hydrogen-bond donors (Lipinski definition) is 2. The molecule has 1 saturated carbocycles. The highest BCUT2D eigenvalue weighted by molar-refractivity contribution is 6.11. The smallest absolute Gasteiger partial charge is 0.324 e. The summed E-state index contributed by atoms with van der Waals surface area (Å²) >= 11 is 0. The average molecular weight is 357 g/mol. The topological polar surface area (TPSA) is 78.5 Å². The molecule has 1 heterocycles. The number of carbonyl (C=O) groups excluding carboxylic acids is 3. The van der Waals surface area contributed by atoms with E-state index in [4.69, 9.17) is 0 Å². The lowest BCUT2D eigenvalue weighted by molar-refractivity contribution is -0.136. The number of nitrogens with zero attached hydrogens (tertiary/aromatic N) is 1. The van der Waals surface area contributed by atoms with Gasteiger partial charge < -0.3 is 10.6 Å². The molecule has 6 heteroatoms. The van der Waals surface area contributed by atoms with E-state index in [0.717, 1.165) is 17.7 Å². The predicted molar refractivity (Wildman–Crippen MR) is 99.8 cm³/mol. The van der Waals surface area contributed by atoms with Gasteiger partial charge in [-0.1, -0.05) is 45.7 Å². The molecule has 2 fully saturated rings. The lowest BCUT2D eigenvalue weighted by Crippen LogP contribution is -2.48. The van der Waals surface area contributed by atoms with E-state index in [2.05, 4.69) is 31.4 Å². The molecule has 1 atom stereocenters. The Kier molecular flexibility index (Phi) is 4.54. The number of nitrogens with one attached hydrogen (secondary N) is 2. The van der Waals surface area contributed by atoms with E-state index in [1.165, 1.54) is 5.56 Å². The number of urea groups is 1. The van der Waals surface area contributed by atoms with Crippen molar-refractivity contribution in [1.29, 1.82) is 0 Å². The molecule has 1 saturated heterocycles. The molecule has 1 unspecified atom stereocenters. The van der Waals surface area contributed by atoms with Gasteiger partial charge in [0.25, 0.3) is 5.91 Å². The number of rotatable bonds is 3. The summed E-state index contributed by atoms with van der Waals surface area (Å²) in [6.45, 7) is 7.96. The van der Waals surface area contributed by atoms with Crippen molar-refractivity contribution in [2.45, 2.75) is 70.4 Å². The maximum Gasteiger partial charge on any atom is 0.325 e. The second-order valence-corrected chi connectivity index (χ2v) is 8.39. The van der Waals surface area contributed by atoms with E-state index in [-0.39, 0.29) is 17.2 Å². The Morgan fingerprint density at radius 1 is 1.15 bits per heavy atom. The Balaban J connectivity index is 1.70. The molecule has 1 aromatic rings. The van der Waals surface area contributed by atoms with Crippen LogP contribution in [0.1, 0.15) is 58.9 Å². The molecular formula is C20H27N3O3. The minimum Gasteiger partial charge on any atom is -0.324 e. The zero-order valence-corrected chi connectivity index (χ0v) is 15.9. The molecule has 140 valence electrons. The minimum absolute atomic E-state index is 0.0332. The summed E-state index contributed by atoms with van der Waals surface area (Å²) in [7, 11) is 0. The highest BCUT2D eigenvalue weighted by Gasteiger charge is 2.54. The highest BCUT2D eigenvalue weighted by atomic mass is 16.2. The Morgan fingerprint density at radius 2 is 1.73 bits per heavy atom. The maximum absolute atomic E-state index is 12.8. The standard InChI is InChI=1S/C20H27N3O3/c1-13(23-17(25)20(22-18(23)26)11-5-6-12-20)16(24)21-15-9-7-14(8-10-15)19(2,3)4/h7-10,13H,5-6,11-12H2,1-4H3,(H,21,24)(H,22,26). The fraction of sp³-hybridized carbons (Fsp3) is 0.550. The van der Waals surface area contributed by atoms with E-state index in [9.17, 15) is 14.4 Å². The zero-order valence-electron chi connectivity index (χ0n) is 15.9. The SMILES string of the molecule is CC(C(=O)Nc1ccc(C(C)(C)C)cc1)N1C(=O)NC2(CCCC2)C1=O. The highest BCUT2D eigenvalue weighted by Crippen LogP contribution is 2.35. The lowest BCUT2D eigenvalue weighted by Gasteiger charge is -2.24. The second-order valence-electron chi connectivity index (χ2n) is 8.39. The van der Waals surface area contributed by atoms with Crippen LogP contribution in [0.3, 0.4) is 0 Å². The Bertz CT molecular complexity index is 728. The van der Waals surface area contributed by atoms with Crippen molar-refractivity contribution in [3.8, 4) is 0 Å². The molecule has 0 aromatic heterocycles. The van der Waals surface area contributed by atoms with Crippen LogP contribution in [0.15, 0.2) is 24.3 Å². The quantitative estimate of drug-likeness (QED) is 0.816. The molecule has 0 radical (unpaired) electrons. The van der Waals surface area contributed by atoms with Crippen molar-refractivity contribution in [2.75, 3.05) is 5.32 Å². The Labute approximate surface area is 154 Å². The van der Waals surface area contributed by atoms with Gasteiger partial charge in [0.05, 0.1) is 0 Å². The summed E-state index contributed by atoms with van der Waals surface area (Å²) in [5.41, 5.74) is 1.06. The molecule has 1 aromatic carbocycles. The molecule has 6 nitrogen and oxygen atoms in total. The Hall–Kier alpha value is -2.37. The van der Waals surface area contributed by atoms with Crippen LogP contribution in [0, 0.1) is 0 Å². The van der Waals surface area contributed by atoms with E-state index in [1.54, 1.807) is 6.92 Å². The van der Waals surface area contributed by atoms with Gasteiger partial charge in [-0.05, 0) is 42.9 Å². The van der Waals surface area contributed by atoms with Crippen molar-refractivity contribution >= 4 is 23.5 Å². The maximum atomic E-state index is 12.8. The summed E-state index contributed by atoms with van der Waals surface area (Å²) in [6.07, 6.45) is 3.13. The largest absolute Gasteiger partial charge is 0.325 e. The van der Waals surface area contributed by atoms with Crippen molar-refractivity contribution in [2.24, 2.45) is 0 Å². The molecule has 0 bridgehead atoms. The molecule has 2 N–H and O–H groups in total. The zero-order chi connectivity index (χ0) is 19.1. The Morgan fingerprint density at radius 3 is 2.27 bits per heavy atom. The van der Waals surface area contributed by atoms with Gasteiger partial charge in [0, 0.05) is 5.69 Å². The predicted octanol–water partition coefficient (Wildman–Crippen LogP) is 3.18. The van der Waals surface area contributed by atoms with E-state index in [1.807, 2.05) is 24.3 Å². The first-order valence-corrected chi connectivity index (χ1v) is 9.21. The van der Waals surface area contributed by atoms with Crippen LogP contribution >= 0.6 is 0 Å². The monoisotopic (exact) mass is 357 g/mol. The molecule has 2 aliphatic rings. The number of imide groups is 1. The first-order valence-electron chi connectivity index (χ1n) is 9.21. The van der Waals surface area contributed by atoms with Crippen LogP contribution in [0.2, 0.25) is 0 Å². The fourth-order valence-electron chi connectivity index (χ4n) is 3.73. The van der Waals surface area contributed by atoms with Crippen LogP contribution in [0.25, 0.3) is 0 Å². The van der Waals surface area contributed by atoms with Crippen molar-refractivity contribution < 1.29 is 14.4 Å². The number of benzene rings is 1. The van der Waals surface area contributed by atoms with Crippen LogP contribution in [-0.4, -0.2) is 34.3 Å². The molecule has 26 heavy (non-hydrogen) atoms. The van der Waals surface area contributed by atoms with Crippen LogP contribution in [0.5, 0.6) is 0 Å². The summed E-state index contributed by atoms with van der Waals surface area (Å²) in [5.74, 6) is -0.641. The summed E-state index contributed by atoms with van der Waals surface area (Å²) < 4.78 is 0. The molecule has 4 amide bonds. The first-order chi connectivity index (χ1) is 12.1. The number of anilines is 1. The van der Waals surface area contributed by atoms with Gasteiger partial charge in [-0.15, -0.1) is 0 Å². The van der Waals surface area contributed by atoms with Crippen LogP contribution in [-0.2, 0) is 15.0 Å². The van der Waals surface area contributed by atoms with Crippen LogP contribution < -0.4 is 10.6 Å². The van der Waals surface area contributed by atoms with Gasteiger partial charge >= 0.3 is 6.03 Å². The van der Waals surface area contributed by atoms with Crippen molar-refractivity contribution in [3.05, 3.63) is 29.8 Å². The first kappa shape index (κ1) is 18.4. The van der Waals surface area contributed by atoms with Gasteiger partial charge in [0.15, 0.2) is 0 Å². The second kappa shape index (κ2) is 6.41. The van der Waals surface area contributed by atoms with E-state index in [0.29, 0.717) is 18.5 Å². The molecule has 1 spiro atoms. The van der Waals surface area contributed by atoms with Gasteiger partial charge in [-0.25, -0.2) is 9.69 Å². The van der Waals surface area contributed by atoms with Crippen molar-refractivity contribution in [1.82, 2.24) is 10.2 Å². The molecule has 3 rings (SSSR count). The van der Waals surface area contributed by atoms with Gasteiger partial charge in [-0.3, -0.25) is 9.59 Å². The van der Waals surface area contributed by atoms with E-state index < -0.39 is 17.6 Å². The molecule has 1 aliphatic carbocycles. The third-order valence-electron chi connectivity index (χ3n) is 5.44. The number of carbonyl (C=O) groups is 3. The summed E-state index contributed by atoms with van der Waals surface area (Å²) in [4.78, 5) is 38.7. The summed E-state index contributed by atoms with van der Waals surface area (Å²) in [6, 6.07) is 6.31. The minimum atomic E-state index is -0.857. The number of amides is 4. The fourth-order valence-corrected chi connectivity index (χ4v) is 3.73. The lowest BCUT2D eigenvalue weighted by atomic mass is 9.87. The molecule has 1 aliphatic heterocycles. The average Bonchev–Trinajstić information content (AvgIpc) is 3.12. The third-order valence-corrected chi connectivity index (χ3v) is 5.44. The normalized spacial score (nSPS) is 20.4. The summed E-state index contributed by atoms with van der Waals surface area (Å²) in [5, 5.41) is 5.61. The molecular weight excluding hydrogens is 330 g/mol. The van der Waals surface area contributed by atoms with Crippen LogP contribution in [0.4, 0.5) is 10.5 Å². The van der Waals surface area contributed by atoms with Gasteiger partial charge in [0.2, 0.25) is 5.91 Å². The van der Waals surface area contributed by atoms with Crippen molar-refractivity contribution in [3.63, 3.8) is 0 Å². The third kappa shape index (κ3) is 3.20. The van der Waals surface area contributed by atoms with E-state index >= 15 is 0 Å². The van der Waals surface area contributed by atoms with Gasteiger partial charge in [0.1, 0.15) is 11.6 Å². The van der Waals surface area contributed by atoms with Gasteiger partial charge in [-0.2, -0.15) is 0 Å².